The molecule has 2 heterocycles. The van der Waals surface area contributed by atoms with Crippen LogP contribution in [0.1, 0.15) is 81.5 Å². The summed E-state index contributed by atoms with van der Waals surface area (Å²) in [7, 11) is 0. The van der Waals surface area contributed by atoms with Gasteiger partial charge in [0, 0.05) is 28.7 Å². The van der Waals surface area contributed by atoms with E-state index in [9.17, 15) is 18.8 Å². The van der Waals surface area contributed by atoms with E-state index in [0.717, 1.165) is 0 Å². The molecule has 1 aromatic carbocycles. The van der Waals surface area contributed by atoms with E-state index in [1.807, 2.05) is 0 Å². The Hall–Kier alpha value is -4.36. The van der Waals surface area contributed by atoms with Crippen LogP contribution in [0.15, 0.2) is 22.7 Å². The first-order valence-corrected chi connectivity index (χ1v) is 13.4. The molecule has 3 aliphatic carbocycles. The minimum absolute atomic E-state index is 0.0143. The van der Waals surface area contributed by atoms with Crippen molar-refractivity contribution in [3.63, 3.8) is 0 Å². The van der Waals surface area contributed by atoms with Gasteiger partial charge in [0.15, 0.2) is 11.6 Å². The number of rotatable bonds is 8. The lowest BCUT2D eigenvalue weighted by Gasteiger charge is -2.64. The Morgan fingerprint density at radius 2 is 1.81 bits per heavy atom. The standard InChI is InChI=1S/C28H31F3N6O5/c1-13(2)37-24(34-25(40)41-26(3,4)5)19(23(32)39)22(35-37)15-7-6-14(20(29)21(15)30)8-17(38)33-18-9-16(36-42-18)27-10-28(31,11-27)12-27/h6-7,9,13H,8,10-12H2,1-5H3,(H2,32,39)(H,33,38)(H,34,40). The predicted molar refractivity (Wildman–Crippen MR) is 145 cm³/mol. The first kappa shape index (κ1) is 29.1. The number of halogens is 3. The summed E-state index contributed by atoms with van der Waals surface area (Å²) in [5.41, 5.74) is 2.47. The molecule has 224 valence electrons. The number of hydrogen-bond acceptors (Lipinski definition) is 7. The van der Waals surface area contributed by atoms with Gasteiger partial charge in [-0.3, -0.25) is 20.2 Å². The number of anilines is 2. The SMILES string of the molecule is CC(C)n1nc(-c2ccc(CC(=O)Nc3cc(C45CC(F)(C4)C5)no3)c(F)c2F)c(C(N)=O)c1NC(=O)OC(C)(C)C. The van der Waals surface area contributed by atoms with Gasteiger partial charge in [0.1, 0.15) is 28.3 Å². The van der Waals surface area contributed by atoms with Crippen LogP contribution in [-0.4, -0.2) is 44.1 Å². The molecule has 4 N–H and O–H groups in total. The van der Waals surface area contributed by atoms with Crippen molar-refractivity contribution < 1.29 is 36.8 Å². The molecule has 11 nitrogen and oxygen atoms in total. The lowest BCUT2D eigenvalue weighted by atomic mass is 9.41. The van der Waals surface area contributed by atoms with Crippen molar-refractivity contribution in [3.8, 4) is 11.3 Å². The van der Waals surface area contributed by atoms with Crippen LogP contribution < -0.4 is 16.4 Å². The molecule has 6 rings (SSSR count). The number of nitrogens with one attached hydrogen (secondary N) is 2. The summed E-state index contributed by atoms with van der Waals surface area (Å²) in [4.78, 5) is 37.6. The van der Waals surface area contributed by atoms with E-state index >= 15 is 8.78 Å². The van der Waals surface area contributed by atoms with Gasteiger partial charge in [-0.15, -0.1) is 0 Å². The number of primary amides is 1. The number of hydrogen-bond donors (Lipinski definition) is 3. The number of nitrogens with zero attached hydrogens (tertiary/aromatic N) is 3. The van der Waals surface area contributed by atoms with Crippen LogP contribution in [0, 0.1) is 11.6 Å². The fourth-order valence-electron chi connectivity index (χ4n) is 5.53. The van der Waals surface area contributed by atoms with E-state index in [-0.39, 0.29) is 33.9 Å². The van der Waals surface area contributed by atoms with E-state index in [1.165, 1.54) is 22.9 Å². The second-order valence-corrected chi connectivity index (χ2v) is 12.3. The Labute approximate surface area is 238 Å². The van der Waals surface area contributed by atoms with Crippen LogP contribution >= 0.6 is 0 Å². The second-order valence-electron chi connectivity index (χ2n) is 12.3. The summed E-state index contributed by atoms with van der Waals surface area (Å²) < 4.78 is 56.1. The number of alkyl halides is 1. The van der Waals surface area contributed by atoms with Gasteiger partial charge in [-0.25, -0.2) is 22.6 Å². The van der Waals surface area contributed by atoms with Crippen molar-refractivity contribution in [2.24, 2.45) is 5.73 Å². The van der Waals surface area contributed by atoms with Crippen molar-refractivity contribution in [3.05, 3.63) is 46.7 Å². The fraction of sp³-hybridized carbons (Fsp3) is 0.464. The predicted octanol–water partition coefficient (Wildman–Crippen LogP) is 5.17. The van der Waals surface area contributed by atoms with Crippen LogP contribution in [0.4, 0.5) is 29.7 Å². The molecule has 3 aromatic rings. The van der Waals surface area contributed by atoms with Crippen molar-refractivity contribution >= 4 is 29.6 Å². The highest BCUT2D eigenvalue weighted by Gasteiger charge is 2.71. The van der Waals surface area contributed by atoms with Gasteiger partial charge in [0.05, 0.1) is 12.1 Å². The monoisotopic (exact) mass is 588 g/mol. The smallest absolute Gasteiger partial charge is 0.413 e. The molecule has 3 amide bonds. The normalized spacial score (nSPS) is 21.0. The summed E-state index contributed by atoms with van der Waals surface area (Å²) in [6.45, 7) is 8.34. The molecule has 3 fully saturated rings. The van der Waals surface area contributed by atoms with Gasteiger partial charge in [0.25, 0.3) is 5.91 Å². The molecule has 0 radical (unpaired) electrons. The molecule has 2 aromatic heterocycles. The number of nitrogens with two attached hydrogens (primary N) is 1. The van der Waals surface area contributed by atoms with Crippen molar-refractivity contribution in [1.82, 2.24) is 14.9 Å². The number of amides is 3. The lowest BCUT2D eigenvalue weighted by Crippen LogP contribution is -2.67. The molecule has 0 atom stereocenters. The fourth-order valence-corrected chi connectivity index (χ4v) is 5.53. The van der Waals surface area contributed by atoms with Gasteiger partial charge >= 0.3 is 6.09 Å². The average molecular weight is 589 g/mol. The zero-order chi connectivity index (χ0) is 30.8. The summed E-state index contributed by atoms with van der Waals surface area (Å²) in [6, 6.07) is 3.43. The molecule has 0 saturated heterocycles. The van der Waals surface area contributed by atoms with Crippen LogP contribution in [0.2, 0.25) is 0 Å². The number of ether oxygens (including phenoxy) is 1. The van der Waals surface area contributed by atoms with E-state index in [4.69, 9.17) is 15.0 Å². The first-order valence-electron chi connectivity index (χ1n) is 13.4. The highest BCUT2D eigenvalue weighted by molar-refractivity contribution is 6.06. The molecular weight excluding hydrogens is 557 g/mol. The Balaban J connectivity index is 1.38. The molecule has 0 unspecified atom stereocenters. The molecule has 2 bridgehead atoms. The van der Waals surface area contributed by atoms with Crippen molar-refractivity contribution in [2.45, 2.75) is 83.0 Å². The Morgan fingerprint density at radius 3 is 2.38 bits per heavy atom. The van der Waals surface area contributed by atoms with Crippen LogP contribution in [0.3, 0.4) is 0 Å². The maximum atomic E-state index is 15.4. The minimum atomic E-state index is -1.37. The zero-order valence-electron chi connectivity index (χ0n) is 23.7. The highest BCUT2D eigenvalue weighted by atomic mass is 19.2. The summed E-state index contributed by atoms with van der Waals surface area (Å²) in [5, 5.41) is 13.1. The second kappa shape index (κ2) is 9.88. The maximum absolute atomic E-state index is 15.4. The van der Waals surface area contributed by atoms with Crippen LogP contribution in [0.25, 0.3) is 11.3 Å². The molecule has 0 aliphatic heterocycles. The van der Waals surface area contributed by atoms with E-state index in [2.05, 4.69) is 20.9 Å². The quantitative estimate of drug-likeness (QED) is 0.328. The van der Waals surface area contributed by atoms with Gasteiger partial charge in [0.2, 0.25) is 11.8 Å². The Bertz CT molecular complexity index is 1590. The van der Waals surface area contributed by atoms with E-state index in [0.29, 0.717) is 25.0 Å². The average Bonchev–Trinajstić information content (AvgIpc) is 3.43. The number of carbonyl (C=O) groups is 3. The largest absolute Gasteiger partial charge is 0.444 e. The first-order chi connectivity index (χ1) is 19.5. The topological polar surface area (TPSA) is 154 Å². The summed E-state index contributed by atoms with van der Waals surface area (Å²) in [6.07, 6.45) is -0.361. The third-order valence-corrected chi connectivity index (χ3v) is 7.32. The third-order valence-electron chi connectivity index (χ3n) is 7.32. The number of aromatic nitrogens is 3. The van der Waals surface area contributed by atoms with E-state index < -0.39 is 58.8 Å². The molecule has 3 aliphatic rings. The lowest BCUT2D eigenvalue weighted by molar-refractivity contribution is -0.160. The van der Waals surface area contributed by atoms with E-state index in [1.54, 1.807) is 34.6 Å². The van der Waals surface area contributed by atoms with Crippen LogP contribution in [-0.2, 0) is 21.4 Å². The van der Waals surface area contributed by atoms with Crippen molar-refractivity contribution in [1.29, 1.82) is 0 Å². The molecular formula is C28H31F3N6O5. The summed E-state index contributed by atoms with van der Waals surface area (Å²) >= 11 is 0. The maximum Gasteiger partial charge on any atom is 0.413 e. The Morgan fingerprint density at radius 1 is 1.14 bits per heavy atom. The zero-order valence-corrected chi connectivity index (χ0v) is 23.7. The number of benzene rings is 1. The van der Waals surface area contributed by atoms with Gasteiger partial charge in [-0.05, 0) is 59.9 Å². The van der Waals surface area contributed by atoms with Gasteiger partial charge in [-0.1, -0.05) is 11.2 Å². The molecule has 42 heavy (non-hydrogen) atoms. The van der Waals surface area contributed by atoms with Crippen LogP contribution in [0.5, 0.6) is 0 Å². The van der Waals surface area contributed by atoms with Gasteiger partial charge < -0.3 is 15.0 Å². The minimum Gasteiger partial charge on any atom is -0.444 e. The summed E-state index contributed by atoms with van der Waals surface area (Å²) in [5.74, 6) is -4.57. The molecule has 0 spiro atoms. The molecule has 3 saturated carbocycles. The Kier molecular flexibility index (Phi) is 6.85. The molecule has 14 heteroatoms. The third kappa shape index (κ3) is 5.21. The van der Waals surface area contributed by atoms with Crippen molar-refractivity contribution in [2.75, 3.05) is 10.6 Å². The van der Waals surface area contributed by atoms with Gasteiger partial charge in [-0.2, -0.15) is 5.10 Å². The highest BCUT2D eigenvalue weighted by Crippen LogP contribution is 2.69. The number of carbonyl (C=O) groups excluding carboxylic acids is 3.